The van der Waals surface area contributed by atoms with Gasteiger partial charge >= 0.3 is 53.4 Å². The molecule has 0 aliphatic heterocycles. The van der Waals surface area contributed by atoms with Crippen LogP contribution >= 0.6 is 8.91 Å². The van der Waals surface area contributed by atoms with Crippen LogP contribution in [0.1, 0.15) is 0 Å². The molecule has 0 aromatic heterocycles. The Morgan fingerprint density at radius 2 is 1.50 bits per heavy atom. The van der Waals surface area contributed by atoms with Gasteiger partial charge in [0.05, 0.1) is 0 Å². The molecule has 40 valence electrons. The Hall–Kier alpha value is 1.24. The van der Waals surface area contributed by atoms with Gasteiger partial charge in [0.25, 0.3) is 0 Å². The van der Waals surface area contributed by atoms with Crippen molar-refractivity contribution < 1.29 is 19.3 Å². The van der Waals surface area contributed by atoms with Crippen molar-refractivity contribution in [3.05, 3.63) is 0 Å². The van der Waals surface area contributed by atoms with Crippen LogP contribution in [-0.4, -0.2) is 5.57 Å². The van der Waals surface area contributed by atoms with Crippen molar-refractivity contribution in [3.63, 3.8) is 0 Å². The molecule has 3 heteroatoms. The van der Waals surface area contributed by atoms with Crippen molar-refractivity contribution in [2.45, 2.75) is 19.6 Å². The van der Waals surface area contributed by atoms with E-state index in [0.717, 1.165) is 0 Å². The third kappa shape index (κ3) is 5.24. The van der Waals surface area contributed by atoms with E-state index < -0.39 is 5.57 Å². The fourth-order valence-corrected chi connectivity index (χ4v) is 0. The Kier molecular flexibility index (Phi) is 3.04. The van der Waals surface area contributed by atoms with E-state index in [9.17, 15) is 0 Å². The molecule has 0 fully saturated rings. The van der Waals surface area contributed by atoms with E-state index >= 15 is 0 Å². The molecule has 6 heavy (non-hydrogen) atoms. The normalized spacial score (nSPS) is 12.7. The maximum absolute atomic E-state index is 5.65. The summed E-state index contributed by atoms with van der Waals surface area (Å²) in [5.74, 6) is 0. The zero-order valence-electron chi connectivity index (χ0n) is 4.26. The van der Waals surface area contributed by atoms with Gasteiger partial charge in [-0.15, -0.1) is 0 Å². The molecule has 0 aliphatic rings. The Morgan fingerprint density at radius 1 is 1.33 bits per heavy atom. The number of hydrogen-bond donors (Lipinski definition) is 0. The molecule has 0 aromatic carbocycles. The van der Waals surface area contributed by atoms with Gasteiger partial charge in [0.2, 0.25) is 0 Å². The predicted molar refractivity (Wildman–Crippen MR) is 29.2 cm³/mol. The van der Waals surface area contributed by atoms with E-state index in [0.29, 0.717) is 0 Å². The van der Waals surface area contributed by atoms with Crippen LogP contribution in [0.5, 0.6) is 0 Å². The van der Waals surface area contributed by atoms with Crippen LogP contribution in [0.3, 0.4) is 0 Å². The molecule has 0 nitrogen and oxygen atoms in total. The van der Waals surface area contributed by atoms with Gasteiger partial charge in [0, 0.05) is 0 Å². The van der Waals surface area contributed by atoms with Gasteiger partial charge in [-0.1, -0.05) is 0 Å². The minimum absolute atomic E-state index is 0.0753. The summed E-state index contributed by atoms with van der Waals surface area (Å²) >= 11 is 0.0753. The predicted octanol–water partition coefficient (Wildman–Crippen LogP) is -0.936. The fourth-order valence-electron chi connectivity index (χ4n) is 0. The standard InChI is InChI=1S/C3H9ClISi/c1-6(2,3)5-4/h1-3H3/q-1. The van der Waals surface area contributed by atoms with Crippen LogP contribution in [0.25, 0.3) is 0 Å². The van der Waals surface area contributed by atoms with Crippen LogP contribution < -0.4 is 19.3 Å². The molecule has 0 saturated carbocycles. The molecule has 0 amide bonds. The van der Waals surface area contributed by atoms with Crippen molar-refractivity contribution in [1.82, 2.24) is 0 Å². The summed E-state index contributed by atoms with van der Waals surface area (Å²) in [5.41, 5.74) is -0.756. The summed E-state index contributed by atoms with van der Waals surface area (Å²) in [5, 5.41) is 0. The van der Waals surface area contributed by atoms with Gasteiger partial charge in [-0.05, 0) is 0 Å². The zero-order chi connectivity index (χ0) is 5.21. The molecule has 0 saturated heterocycles. The molecule has 0 N–H and O–H groups in total. The second-order valence-corrected chi connectivity index (χ2v) is 20.2. The quantitative estimate of drug-likeness (QED) is 0.313. The van der Waals surface area contributed by atoms with Gasteiger partial charge in [0.1, 0.15) is 0 Å². The van der Waals surface area contributed by atoms with Crippen molar-refractivity contribution in [2.24, 2.45) is 0 Å². The maximum atomic E-state index is 5.65. The molecule has 0 bridgehead atoms. The second-order valence-electron chi connectivity index (χ2n) is 2.14. The molecule has 0 heterocycles. The first-order chi connectivity index (χ1) is 2.56. The van der Waals surface area contributed by atoms with Gasteiger partial charge in [-0.3, -0.25) is 0 Å². The summed E-state index contributed by atoms with van der Waals surface area (Å²) in [7, 11) is 5.65. The Labute approximate surface area is 53.3 Å². The first-order valence-corrected chi connectivity index (χ1v) is 11.2. The van der Waals surface area contributed by atoms with E-state index in [1.165, 1.54) is 0 Å². The van der Waals surface area contributed by atoms with E-state index in [4.69, 9.17) is 8.91 Å². The van der Waals surface area contributed by atoms with E-state index in [1.807, 2.05) is 0 Å². The van der Waals surface area contributed by atoms with Gasteiger partial charge < -0.3 is 0 Å². The number of halogens is 2. The molecular weight excluding hydrogens is 226 g/mol. The van der Waals surface area contributed by atoms with Crippen LogP contribution in [0.4, 0.5) is 0 Å². The van der Waals surface area contributed by atoms with Gasteiger partial charge in [0.15, 0.2) is 0 Å². The molecule has 0 aliphatic carbocycles. The first kappa shape index (κ1) is 7.24. The zero-order valence-corrected chi connectivity index (χ0v) is 8.17. The molecule has 0 radical (unpaired) electrons. The Bertz CT molecular complexity index is 40.5. The van der Waals surface area contributed by atoms with Crippen molar-refractivity contribution in [1.29, 1.82) is 0 Å². The average molecular weight is 236 g/mol. The van der Waals surface area contributed by atoms with Crippen molar-refractivity contribution in [3.8, 4) is 0 Å². The second kappa shape index (κ2) is 2.52. The van der Waals surface area contributed by atoms with Crippen molar-refractivity contribution in [2.75, 3.05) is 0 Å². The van der Waals surface area contributed by atoms with E-state index in [-0.39, 0.29) is 19.3 Å². The molecule has 0 aromatic rings. The van der Waals surface area contributed by atoms with Crippen LogP contribution in [0.15, 0.2) is 0 Å². The third-order valence-electron chi connectivity index (χ3n) is 0.214. The van der Waals surface area contributed by atoms with Crippen molar-refractivity contribution >= 4 is 14.5 Å². The summed E-state index contributed by atoms with van der Waals surface area (Å²) < 4.78 is 0. The van der Waals surface area contributed by atoms with Crippen LogP contribution in [0, 0.1) is 0 Å². The third-order valence-corrected chi connectivity index (χ3v) is 12.9. The summed E-state index contributed by atoms with van der Waals surface area (Å²) in [6.07, 6.45) is 0. The molecule has 0 atom stereocenters. The summed E-state index contributed by atoms with van der Waals surface area (Å²) in [4.78, 5) is 0. The topological polar surface area (TPSA) is 0 Å². The number of rotatable bonds is 1. The molecule has 0 rings (SSSR count). The minimum atomic E-state index is -0.756. The molecule has 0 unspecified atom stereocenters. The average Bonchev–Trinajstić information content (AvgIpc) is 1.35. The molecule has 0 spiro atoms. The monoisotopic (exact) mass is 235 g/mol. The van der Waals surface area contributed by atoms with Crippen LogP contribution in [-0.2, 0) is 0 Å². The van der Waals surface area contributed by atoms with Gasteiger partial charge in [-0.2, -0.15) is 0 Å². The molecular formula is C3H9ClISi-. The summed E-state index contributed by atoms with van der Waals surface area (Å²) in [6, 6.07) is 0. The fraction of sp³-hybridized carbons (Fsp3) is 1.00. The number of hydrogen-bond acceptors (Lipinski definition) is 0. The van der Waals surface area contributed by atoms with Gasteiger partial charge in [-0.25, -0.2) is 0 Å². The first-order valence-electron chi connectivity index (χ1n) is 1.83. The summed E-state index contributed by atoms with van der Waals surface area (Å²) in [6.45, 7) is 6.90. The Balaban J connectivity index is 3.17. The Morgan fingerprint density at radius 3 is 1.50 bits per heavy atom. The van der Waals surface area contributed by atoms with Crippen LogP contribution in [0.2, 0.25) is 19.6 Å². The van der Waals surface area contributed by atoms with E-state index in [2.05, 4.69) is 19.6 Å². The SMILES string of the molecule is C[Si](C)(C)[I-]Cl. The van der Waals surface area contributed by atoms with E-state index in [1.54, 1.807) is 0 Å².